The van der Waals surface area contributed by atoms with Crippen molar-refractivity contribution in [3.63, 3.8) is 0 Å². The molecule has 6 nitrogen and oxygen atoms in total. The molecule has 23 heavy (non-hydrogen) atoms. The van der Waals surface area contributed by atoms with Gasteiger partial charge in [0.2, 0.25) is 5.91 Å². The van der Waals surface area contributed by atoms with Gasteiger partial charge in [-0.1, -0.05) is 6.07 Å². The largest absolute Gasteiger partial charge is 0.497 e. The van der Waals surface area contributed by atoms with E-state index < -0.39 is 12.0 Å². The number of nitrogens with two attached hydrogens (primary N) is 1. The molecule has 0 fully saturated rings. The van der Waals surface area contributed by atoms with Crippen molar-refractivity contribution in [2.24, 2.45) is 5.73 Å². The number of ether oxygens (including phenoxy) is 2. The fourth-order valence-electron chi connectivity index (χ4n) is 1.91. The van der Waals surface area contributed by atoms with Crippen molar-refractivity contribution in [1.29, 1.82) is 0 Å². The number of nitrogens with one attached hydrogen (secondary N) is 1. The Balaban J connectivity index is 1.99. The van der Waals surface area contributed by atoms with E-state index in [9.17, 15) is 9.59 Å². The summed E-state index contributed by atoms with van der Waals surface area (Å²) >= 11 is 0. The van der Waals surface area contributed by atoms with Gasteiger partial charge < -0.3 is 20.5 Å². The molecule has 0 aliphatic rings. The average molecular weight is 314 g/mol. The highest BCUT2D eigenvalue weighted by Gasteiger charge is 2.15. The fourth-order valence-corrected chi connectivity index (χ4v) is 1.91. The molecule has 3 N–H and O–H groups in total. The van der Waals surface area contributed by atoms with Crippen molar-refractivity contribution in [3.8, 4) is 11.5 Å². The van der Waals surface area contributed by atoms with Crippen LogP contribution in [0, 0.1) is 0 Å². The second-order valence-electron chi connectivity index (χ2n) is 4.87. The van der Waals surface area contributed by atoms with Crippen LogP contribution in [0.25, 0.3) is 0 Å². The monoisotopic (exact) mass is 314 g/mol. The number of carbonyl (C=O) groups is 2. The van der Waals surface area contributed by atoms with Crippen LogP contribution in [0.1, 0.15) is 17.3 Å². The quantitative estimate of drug-likeness (QED) is 0.855. The molecule has 2 aromatic carbocycles. The Bertz CT molecular complexity index is 698. The van der Waals surface area contributed by atoms with Gasteiger partial charge in [-0.15, -0.1) is 0 Å². The molecule has 0 heterocycles. The van der Waals surface area contributed by atoms with Gasteiger partial charge in [0.1, 0.15) is 11.5 Å². The molecule has 0 spiro atoms. The lowest BCUT2D eigenvalue weighted by Gasteiger charge is -2.15. The molecule has 0 aliphatic heterocycles. The molecule has 120 valence electrons. The standard InChI is InChI=1S/C17H18N2O4/c1-11(23-15-8-6-14(22-2)7-9-15)17(21)19-13-5-3-4-12(10-13)16(18)20/h3-11H,1-2H3,(H2,18,20)(H,19,21). The molecule has 0 saturated carbocycles. The summed E-state index contributed by atoms with van der Waals surface area (Å²) in [7, 11) is 1.58. The van der Waals surface area contributed by atoms with Crippen LogP contribution in [0.3, 0.4) is 0 Å². The third kappa shape index (κ3) is 4.47. The zero-order valence-electron chi connectivity index (χ0n) is 12.9. The van der Waals surface area contributed by atoms with Crippen LogP contribution in [-0.4, -0.2) is 25.0 Å². The van der Waals surface area contributed by atoms with Crippen molar-refractivity contribution in [3.05, 3.63) is 54.1 Å². The lowest BCUT2D eigenvalue weighted by atomic mass is 10.2. The van der Waals surface area contributed by atoms with Gasteiger partial charge in [-0.3, -0.25) is 9.59 Å². The second-order valence-corrected chi connectivity index (χ2v) is 4.87. The average Bonchev–Trinajstić information content (AvgIpc) is 2.55. The third-order valence-electron chi connectivity index (χ3n) is 3.16. The lowest BCUT2D eigenvalue weighted by molar-refractivity contribution is -0.122. The smallest absolute Gasteiger partial charge is 0.265 e. The van der Waals surface area contributed by atoms with Gasteiger partial charge in [0.25, 0.3) is 5.91 Å². The van der Waals surface area contributed by atoms with Crippen molar-refractivity contribution in [2.45, 2.75) is 13.0 Å². The summed E-state index contributed by atoms with van der Waals surface area (Å²) in [6, 6.07) is 13.3. The predicted molar refractivity (Wildman–Crippen MR) is 86.7 cm³/mol. The van der Waals surface area contributed by atoms with E-state index in [0.717, 1.165) is 0 Å². The Hall–Kier alpha value is -3.02. The van der Waals surface area contributed by atoms with E-state index in [4.69, 9.17) is 15.2 Å². The van der Waals surface area contributed by atoms with E-state index >= 15 is 0 Å². The summed E-state index contributed by atoms with van der Waals surface area (Å²) < 4.78 is 10.6. The molecule has 1 atom stereocenters. The van der Waals surface area contributed by atoms with Crippen LogP contribution >= 0.6 is 0 Å². The molecule has 2 amide bonds. The van der Waals surface area contributed by atoms with Gasteiger partial charge in [0.15, 0.2) is 6.10 Å². The molecule has 2 rings (SSSR count). The summed E-state index contributed by atoms with van der Waals surface area (Å²) in [6.45, 7) is 1.64. The van der Waals surface area contributed by atoms with Crippen LogP contribution in [0.2, 0.25) is 0 Å². The van der Waals surface area contributed by atoms with Gasteiger partial charge in [0, 0.05) is 11.3 Å². The Labute approximate surface area is 134 Å². The Kier molecular flexibility index (Phi) is 5.19. The highest BCUT2D eigenvalue weighted by molar-refractivity contribution is 5.97. The highest BCUT2D eigenvalue weighted by Crippen LogP contribution is 2.18. The topological polar surface area (TPSA) is 90.7 Å². The first kappa shape index (κ1) is 16.4. The van der Waals surface area contributed by atoms with E-state index in [1.807, 2.05) is 0 Å². The van der Waals surface area contributed by atoms with Crippen molar-refractivity contribution in [1.82, 2.24) is 0 Å². The number of hydrogen-bond acceptors (Lipinski definition) is 4. The molecule has 0 aliphatic carbocycles. The summed E-state index contributed by atoms with van der Waals surface area (Å²) in [5.41, 5.74) is 6.02. The summed E-state index contributed by atoms with van der Waals surface area (Å²) in [4.78, 5) is 23.3. The first-order valence-corrected chi connectivity index (χ1v) is 7.01. The molecule has 6 heteroatoms. The van der Waals surface area contributed by atoms with Crippen LogP contribution in [-0.2, 0) is 4.79 Å². The molecule has 0 radical (unpaired) electrons. The number of hydrogen-bond donors (Lipinski definition) is 2. The second kappa shape index (κ2) is 7.31. The van der Waals surface area contributed by atoms with Gasteiger partial charge >= 0.3 is 0 Å². The van der Waals surface area contributed by atoms with Crippen LogP contribution in [0.5, 0.6) is 11.5 Å². The Morgan fingerprint density at radius 3 is 2.35 bits per heavy atom. The van der Waals surface area contributed by atoms with Crippen molar-refractivity contribution in [2.75, 3.05) is 12.4 Å². The van der Waals surface area contributed by atoms with Gasteiger partial charge in [-0.25, -0.2) is 0 Å². The van der Waals surface area contributed by atoms with E-state index in [1.54, 1.807) is 56.5 Å². The van der Waals surface area contributed by atoms with Crippen LogP contribution in [0.4, 0.5) is 5.69 Å². The highest BCUT2D eigenvalue weighted by atomic mass is 16.5. The van der Waals surface area contributed by atoms with E-state index in [1.165, 1.54) is 6.07 Å². The Morgan fingerprint density at radius 2 is 1.74 bits per heavy atom. The number of rotatable bonds is 6. The third-order valence-corrected chi connectivity index (χ3v) is 3.16. The molecular formula is C17H18N2O4. The van der Waals surface area contributed by atoms with Crippen molar-refractivity contribution >= 4 is 17.5 Å². The molecular weight excluding hydrogens is 296 g/mol. The number of carbonyl (C=O) groups excluding carboxylic acids is 2. The Morgan fingerprint density at radius 1 is 1.09 bits per heavy atom. The minimum atomic E-state index is -0.708. The molecule has 1 unspecified atom stereocenters. The predicted octanol–water partition coefficient (Wildman–Crippen LogP) is 2.20. The maximum absolute atomic E-state index is 12.1. The minimum absolute atomic E-state index is 0.325. The number of methoxy groups -OCH3 is 1. The fraction of sp³-hybridized carbons (Fsp3) is 0.176. The molecule has 0 aromatic heterocycles. The molecule has 2 aromatic rings. The van der Waals surface area contributed by atoms with E-state index in [0.29, 0.717) is 22.7 Å². The zero-order chi connectivity index (χ0) is 16.8. The summed E-state index contributed by atoms with van der Waals surface area (Å²) in [5, 5.41) is 2.68. The SMILES string of the molecule is COc1ccc(OC(C)C(=O)Nc2cccc(C(N)=O)c2)cc1. The maximum Gasteiger partial charge on any atom is 0.265 e. The lowest BCUT2D eigenvalue weighted by Crippen LogP contribution is -2.30. The number of benzene rings is 2. The first-order chi connectivity index (χ1) is 11.0. The van der Waals surface area contributed by atoms with Gasteiger partial charge in [-0.2, -0.15) is 0 Å². The van der Waals surface area contributed by atoms with Gasteiger partial charge in [-0.05, 0) is 49.4 Å². The summed E-state index contributed by atoms with van der Waals surface area (Å²) in [5.74, 6) is 0.378. The molecule has 0 saturated heterocycles. The number of primary amides is 1. The zero-order valence-corrected chi connectivity index (χ0v) is 12.9. The normalized spacial score (nSPS) is 11.4. The van der Waals surface area contributed by atoms with E-state index in [2.05, 4.69) is 5.32 Å². The maximum atomic E-state index is 12.1. The van der Waals surface area contributed by atoms with Crippen molar-refractivity contribution < 1.29 is 19.1 Å². The number of amides is 2. The first-order valence-electron chi connectivity index (χ1n) is 7.01. The van der Waals surface area contributed by atoms with E-state index in [-0.39, 0.29) is 5.91 Å². The van der Waals surface area contributed by atoms with Crippen LogP contribution in [0.15, 0.2) is 48.5 Å². The molecule has 0 bridgehead atoms. The summed E-state index contributed by atoms with van der Waals surface area (Å²) in [6.07, 6.45) is -0.708. The number of anilines is 1. The minimum Gasteiger partial charge on any atom is -0.497 e. The van der Waals surface area contributed by atoms with Crippen LogP contribution < -0.4 is 20.5 Å². The van der Waals surface area contributed by atoms with Gasteiger partial charge in [0.05, 0.1) is 7.11 Å².